The predicted molar refractivity (Wildman–Crippen MR) is 93.3 cm³/mol. The Bertz CT molecular complexity index is 556. The lowest BCUT2D eigenvalue weighted by Crippen LogP contribution is -2.47. The topological polar surface area (TPSA) is 61.9 Å². The van der Waals surface area contributed by atoms with Gasteiger partial charge in [0, 0.05) is 51.3 Å². The highest BCUT2D eigenvalue weighted by Crippen LogP contribution is 2.15. The molecule has 1 aromatic carbocycles. The van der Waals surface area contributed by atoms with Gasteiger partial charge in [0.05, 0.1) is 7.11 Å². The van der Waals surface area contributed by atoms with Gasteiger partial charge in [-0.05, 0) is 24.6 Å². The van der Waals surface area contributed by atoms with E-state index in [9.17, 15) is 9.59 Å². The minimum Gasteiger partial charge on any atom is -0.497 e. The van der Waals surface area contributed by atoms with Crippen molar-refractivity contribution in [1.29, 1.82) is 0 Å². The molecule has 0 atom stereocenters. The monoisotopic (exact) mass is 333 g/mol. The fraction of sp³-hybridized carbons (Fsp3) is 0.556. The lowest BCUT2D eigenvalue weighted by atomic mass is 10.1. The number of nitrogens with zero attached hydrogens (tertiary/aromatic N) is 2. The van der Waals surface area contributed by atoms with Gasteiger partial charge in [0.25, 0.3) is 5.91 Å². The van der Waals surface area contributed by atoms with Gasteiger partial charge in [-0.25, -0.2) is 0 Å². The highest BCUT2D eigenvalue weighted by Gasteiger charge is 2.20. The van der Waals surface area contributed by atoms with Crippen LogP contribution >= 0.6 is 0 Å². The van der Waals surface area contributed by atoms with Crippen molar-refractivity contribution >= 4 is 11.8 Å². The quantitative estimate of drug-likeness (QED) is 0.819. The Morgan fingerprint density at radius 3 is 2.67 bits per heavy atom. The highest BCUT2D eigenvalue weighted by molar-refractivity contribution is 5.94. The Hall–Kier alpha value is -2.08. The van der Waals surface area contributed by atoms with Crippen molar-refractivity contribution in [3.05, 3.63) is 29.8 Å². The average Bonchev–Trinajstić information content (AvgIpc) is 2.65. The van der Waals surface area contributed by atoms with E-state index in [1.165, 1.54) is 0 Å². The molecule has 1 aliphatic heterocycles. The molecule has 1 aromatic rings. The van der Waals surface area contributed by atoms with Crippen molar-refractivity contribution in [2.75, 3.05) is 46.4 Å². The number of carbonyl (C=O) groups excluding carboxylic acids is 2. The third-order valence-electron chi connectivity index (χ3n) is 4.16. The lowest BCUT2D eigenvalue weighted by Gasteiger charge is -2.29. The van der Waals surface area contributed by atoms with E-state index in [0.29, 0.717) is 30.8 Å². The number of ether oxygens (including phenoxy) is 1. The summed E-state index contributed by atoms with van der Waals surface area (Å²) in [6.45, 7) is 6.30. The molecule has 0 saturated carbocycles. The Balaban J connectivity index is 1.97. The van der Waals surface area contributed by atoms with Crippen LogP contribution < -0.4 is 10.1 Å². The third-order valence-corrected chi connectivity index (χ3v) is 4.16. The van der Waals surface area contributed by atoms with Crippen molar-refractivity contribution in [3.63, 3.8) is 0 Å². The van der Waals surface area contributed by atoms with E-state index in [2.05, 4.69) is 5.32 Å². The van der Waals surface area contributed by atoms with Crippen LogP contribution in [-0.2, 0) is 4.79 Å². The van der Waals surface area contributed by atoms with Gasteiger partial charge < -0.3 is 19.9 Å². The highest BCUT2D eigenvalue weighted by atomic mass is 16.5. The Morgan fingerprint density at radius 2 is 2.00 bits per heavy atom. The molecule has 6 heteroatoms. The van der Waals surface area contributed by atoms with Crippen LogP contribution in [-0.4, -0.2) is 68.0 Å². The van der Waals surface area contributed by atoms with Crippen LogP contribution in [0.25, 0.3) is 0 Å². The van der Waals surface area contributed by atoms with Gasteiger partial charge in [-0.1, -0.05) is 13.0 Å². The Kier molecular flexibility index (Phi) is 7.06. The molecule has 1 fully saturated rings. The van der Waals surface area contributed by atoms with Gasteiger partial charge >= 0.3 is 0 Å². The summed E-state index contributed by atoms with van der Waals surface area (Å²) in [6, 6.07) is 7.14. The van der Waals surface area contributed by atoms with Crippen LogP contribution in [0.5, 0.6) is 5.75 Å². The molecule has 6 nitrogen and oxygen atoms in total. The number of benzene rings is 1. The largest absolute Gasteiger partial charge is 0.497 e. The second kappa shape index (κ2) is 9.27. The molecule has 132 valence electrons. The molecular weight excluding hydrogens is 306 g/mol. The second-order valence-corrected chi connectivity index (χ2v) is 5.90. The average molecular weight is 333 g/mol. The molecule has 0 unspecified atom stereocenters. The van der Waals surface area contributed by atoms with Crippen molar-refractivity contribution in [2.24, 2.45) is 0 Å². The van der Waals surface area contributed by atoms with Crippen molar-refractivity contribution in [1.82, 2.24) is 15.1 Å². The molecule has 1 saturated heterocycles. The van der Waals surface area contributed by atoms with Crippen LogP contribution in [0.3, 0.4) is 0 Å². The first-order valence-electron chi connectivity index (χ1n) is 8.57. The number of piperazine rings is 1. The third kappa shape index (κ3) is 4.96. The Labute approximate surface area is 143 Å². The summed E-state index contributed by atoms with van der Waals surface area (Å²) >= 11 is 0. The van der Waals surface area contributed by atoms with E-state index in [1.807, 2.05) is 24.0 Å². The summed E-state index contributed by atoms with van der Waals surface area (Å²) in [5.74, 6) is 0.731. The molecule has 2 amide bonds. The van der Waals surface area contributed by atoms with Crippen LogP contribution in [0, 0.1) is 0 Å². The first-order chi connectivity index (χ1) is 11.7. The van der Waals surface area contributed by atoms with Crippen molar-refractivity contribution < 1.29 is 14.3 Å². The van der Waals surface area contributed by atoms with Crippen LogP contribution in [0.4, 0.5) is 0 Å². The first kappa shape index (κ1) is 18.3. The predicted octanol–water partition coefficient (Wildman–Crippen LogP) is 1.37. The molecule has 0 bridgehead atoms. The standard InChI is InChI=1S/C18H27N3O3/c1-3-10-21(11-7-17(22)20-12-8-19-9-13-20)18(23)15-5-4-6-16(14-15)24-2/h4-6,14,19H,3,7-13H2,1-2H3. The second-order valence-electron chi connectivity index (χ2n) is 5.90. The number of carbonyl (C=O) groups is 2. The summed E-state index contributed by atoms with van der Waals surface area (Å²) in [7, 11) is 1.58. The number of hydrogen-bond acceptors (Lipinski definition) is 4. The lowest BCUT2D eigenvalue weighted by molar-refractivity contribution is -0.131. The number of amides is 2. The summed E-state index contributed by atoms with van der Waals surface area (Å²) in [6.07, 6.45) is 1.23. The van der Waals surface area contributed by atoms with E-state index in [-0.39, 0.29) is 11.8 Å². The van der Waals surface area contributed by atoms with E-state index in [4.69, 9.17) is 4.74 Å². The SMILES string of the molecule is CCCN(CCC(=O)N1CCNCC1)C(=O)c1cccc(OC)c1. The van der Waals surface area contributed by atoms with Crippen molar-refractivity contribution in [2.45, 2.75) is 19.8 Å². The maximum absolute atomic E-state index is 12.7. The maximum Gasteiger partial charge on any atom is 0.254 e. The maximum atomic E-state index is 12.7. The van der Waals surface area contributed by atoms with E-state index in [0.717, 1.165) is 32.6 Å². The van der Waals surface area contributed by atoms with E-state index < -0.39 is 0 Å². The van der Waals surface area contributed by atoms with Crippen LogP contribution in [0.2, 0.25) is 0 Å². The summed E-state index contributed by atoms with van der Waals surface area (Å²) in [4.78, 5) is 28.7. The Morgan fingerprint density at radius 1 is 1.25 bits per heavy atom. The molecule has 0 aromatic heterocycles. The molecule has 1 aliphatic rings. The van der Waals surface area contributed by atoms with Crippen LogP contribution in [0.15, 0.2) is 24.3 Å². The molecule has 2 rings (SSSR count). The van der Waals surface area contributed by atoms with E-state index >= 15 is 0 Å². The number of hydrogen-bond donors (Lipinski definition) is 1. The minimum atomic E-state index is -0.0520. The fourth-order valence-electron chi connectivity index (χ4n) is 2.83. The number of rotatable bonds is 7. The zero-order valence-electron chi connectivity index (χ0n) is 14.6. The van der Waals surface area contributed by atoms with Crippen LogP contribution in [0.1, 0.15) is 30.1 Å². The molecule has 0 aliphatic carbocycles. The first-order valence-corrected chi connectivity index (χ1v) is 8.57. The fourth-order valence-corrected chi connectivity index (χ4v) is 2.83. The van der Waals surface area contributed by atoms with Gasteiger partial charge in [0.2, 0.25) is 5.91 Å². The molecular formula is C18H27N3O3. The number of methoxy groups -OCH3 is 1. The zero-order valence-corrected chi connectivity index (χ0v) is 14.6. The van der Waals surface area contributed by atoms with Gasteiger partial charge in [0.1, 0.15) is 5.75 Å². The van der Waals surface area contributed by atoms with E-state index in [1.54, 1.807) is 24.1 Å². The smallest absolute Gasteiger partial charge is 0.254 e. The van der Waals surface area contributed by atoms with Gasteiger partial charge in [-0.15, -0.1) is 0 Å². The van der Waals surface area contributed by atoms with Gasteiger partial charge in [0.15, 0.2) is 0 Å². The molecule has 1 N–H and O–H groups in total. The summed E-state index contributed by atoms with van der Waals surface area (Å²) in [5.41, 5.74) is 0.595. The normalized spacial score (nSPS) is 14.3. The molecule has 24 heavy (non-hydrogen) atoms. The molecule has 1 heterocycles. The van der Waals surface area contributed by atoms with Gasteiger partial charge in [-0.2, -0.15) is 0 Å². The molecule has 0 radical (unpaired) electrons. The molecule has 0 spiro atoms. The number of nitrogens with one attached hydrogen (secondary N) is 1. The van der Waals surface area contributed by atoms with Crippen molar-refractivity contribution in [3.8, 4) is 5.75 Å². The van der Waals surface area contributed by atoms with Gasteiger partial charge in [-0.3, -0.25) is 9.59 Å². The summed E-state index contributed by atoms with van der Waals surface area (Å²) in [5, 5.41) is 3.24. The summed E-state index contributed by atoms with van der Waals surface area (Å²) < 4.78 is 5.18. The zero-order chi connectivity index (χ0) is 17.4. The minimum absolute atomic E-state index is 0.0520.